The third-order valence-corrected chi connectivity index (χ3v) is 4.08. The van der Waals surface area contributed by atoms with Gasteiger partial charge in [0, 0.05) is 12.1 Å². The predicted molar refractivity (Wildman–Crippen MR) is 96.7 cm³/mol. The summed E-state index contributed by atoms with van der Waals surface area (Å²) in [6.07, 6.45) is 0. The molecule has 0 saturated heterocycles. The molecule has 27 heavy (non-hydrogen) atoms. The first-order valence-corrected chi connectivity index (χ1v) is 9.17. The number of anilines is 1. The largest absolute Gasteiger partial charge is 0.488 e. The Morgan fingerprint density at radius 3 is 2.67 bits per heavy atom. The van der Waals surface area contributed by atoms with E-state index in [1.54, 1.807) is 19.9 Å². The average Bonchev–Trinajstić information content (AvgIpc) is 2.98. The molecule has 0 aliphatic carbocycles. The zero-order valence-electron chi connectivity index (χ0n) is 14.8. The highest BCUT2D eigenvalue weighted by molar-refractivity contribution is 8.00. The monoisotopic (exact) mass is 399 g/mol. The van der Waals surface area contributed by atoms with E-state index in [0.717, 1.165) is 23.9 Å². The normalized spacial score (nSPS) is 11.7. The molecule has 0 fully saturated rings. The molecule has 7 nitrogen and oxygen atoms in total. The number of carbonyl (C=O) groups excluding carboxylic acids is 2. The van der Waals surface area contributed by atoms with Crippen LogP contribution in [0, 0.1) is 18.6 Å². The second-order valence-electron chi connectivity index (χ2n) is 5.72. The summed E-state index contributed by atoms with van der Waals surface area (Å²) < 4.78 is 36.3. The number of aromatic nitrogens is 1. The predicted octanol–water partition coefficient (Wildman–Crippen LogP) is 2.52. The first-order chi connectivity index (χ1) is 12.8. The van der Waals surface area contributed by atoms with Gasteiger partial charge < -0.3 is 19.9 Å². The molecule has 146 valence electrons. The van der Waals surface area contributed by atoms with Crippen molar-refractivity contribution in [1.29, 1.82) is 0 Å². The Kier molecular flexibility index (Phi) is 7.59. The van der Waals surface area contributed by atoms with Crippen LogP contribution in [0.15, 0.2) is 28.8 Å². The van der Waals surface area contributed by atoms with Gasteiger partial charge in [-0.2, -0.15) is 0 Å². The number of hydrogen-bond donors (Lipinski definition) is 2. The van der Waals surface area contributed by atoms with Gasteiger partial charge in [0.05, 0.1) is 17.5 Å². The van der Waals surface area contributed by atoms with E-state index in [9.17, 15) is 18.4 Å². The van der Waals surface area contributed by atoms with E-state index in [1.165, 1.54) is 6.07 Å². The number of aryl methyl sites for hydroxylation is 1. The van der Waals surface area contributed by atoms with Crippen LogP contribution in [0.5, 0.6) is 5.75 Å². The van der Waals surface area contributed by atoms with Gasteiger partial charge in [0.2, 0.25) is 11.8 Å². The molecule has 2 rings (SSSR count). The Balaban J connectivity index is 1.63. The minimum atomic E-state index is -0.808. The lowest BCUT2D eigenvalue weighted by Gasteiger charge is -2.15. The van der Waals surface area contributed by atoms with Crippen molar-refractivity contribution in [2.45, 2.75) is 19.9 Å². The summed E-state index contributed by atoms with van der Waals surface area (Å²) in [7, 11) is 0. The van der Waals surface area contributed by atoms with E-state index in [-0.39, 0.29) is 35.7 Å². The average molecular weight is 399 g/mol. The van der Waals surface area contributed by atoms with E-state index < -0.39 is 17.7 Å². The molecule has 0 aliphatic heterocycles. The summed E-state index contributed by atoms with van der Waals surface area (Å²) >= 11 is 1.13. The Bertz CT molecular complexity index is 800. The van der Waals surface area contributed by atoms with Gasteiger partial charge >= 0.3 is 0 Å². The molecule has 2 N–H and O–H groups in total. The number of rotatable bonds is 9. The topological polar surface area (TPSA) is 93.5 Å². The molecule has 1 unspecified atom stereocenters. The minimum Gasteiger partial charge on any atom is -0.488 e. The van der Waals surface area contributed by atoms with E-state index in [0.29, 0.717) is 11.6 Å². The second kappa shape index (κ2) is 9.91. The third-order valence-electron chi connectivity index (χ3n) is 3.15. The van der Waals surface area contributed by atoms with E-state index in [1.807, 2.05) is 0 Å². The van der Waals surface area contributed by atoms with Gasteiger partial charge in [-0.05, 0) is 26.0 Å². The molecule has 10 heteroatoms. The van der Waals surface area contributed by atoms with Crippen LogP contribution in [0.3, 0.4) is 0 Å². The van der Waals surface area contributed by atoms with E-state index >= 15 is 0 Å². The molecule has 1 aromatic heterocycles. The van der Waals surface area contributed by atoms with Crippen molar-refractivity contribution in [2.75, 3.05) is 23.4 Å². The summed E-state index contributed by atoms with van der Waals surface area (Å²) in [5, 5.41) is 8.85. The summed E-state index contributed by atoms with van der Waals surface area (Å²) in [6.45, 7) is 3.41. The molecule has 0 radical (unpaired) electrons. The van der Waals surface area contributed by atoms with Crippen LogP contribution in [0.4, 0.5) is 14.6 Å². The molecular formula is C17H19F2N3O4S. The smallest absolute Gasteiger partial charge is 0.235 e. The van der Waals surface area contributed by atoms with Crippen LogP contribution < -0.4 is 15.4 Å². The number of ether oxygens (including phenoxy) is 1. The SMILES string of the molecule is Cc1cc(NC(=O)CSCC(=O)NC(C)COc2ccc(F)cc2F)no1. The Morgan fingerprint density at radius 2 is 2.00 bits per heavy atom. The molecule has 2 aromatic rings. The van der Waals surface area contributed by atoms with Crippen LogP contribution >= 0.6 is 11.8 Å². The third kappa shape index (κ3) is 7.26. The maximum atomic E-state index is 13.5. The highest BCUT2D eigenvalue weighted by Crippen LogP contribution is 2.17. The molecule has 0 saturated carbocycles. The molecule has 1 atom stereocenters. The number of benzene rings is 1. The fourth-order valence-electron chi connectivity index (χ4n) is 2.01. The maximum absolute atomic E-state index is 13.5. The molecule has 0 aliphatic rings. The molecule has 1 aromatic carbocycles. The van der Waals surface area contributed by atoms with Gasteiger partial charge in [-0.15, -0.1) is 11.8 Å². The van der Waals surface area contributed by atoms with Crippen LogP contribution in [-0.4, -0.2) is 41.1 Å². The van der Waals surface area contributed by atoms with Crippen molar-refractivity contribution < 1.29 is 27.6 Å². The number of carbonyl (C=O) groups is 2. The zero-order valence-corrected chi connectivity index (χ0v) is 15.6. The van der Waals surface area contributed by atoms with Crippen LogP contribution in [-0.2, 0) is 9.59 Å². The summed E-state index contributed by atoms with van der Waals surface area (Å²) in [6, 6.07) is 4.18. The van der Waals surface area contributed by atoms with Crippen molar-refractivity contribution in [3.8, 4) is 5.75 Å². The van der Waals surface area contributed by atoms with Crippen molar-refractivity contribution in [3.05, 3.63) is 41.7 Å². The summed E-state index contributed by atoms with van der Waals surface area (Å²) in [4.78, 5) is 23.6. The number of nitrogens with zero attached hydrogens (tertiary/aromatic N) is 1. The summed E-state index contributed by atoms with van der Waals surface area (Å²) in [5.41, 5.74) is 0. The van der Waals surface area contributed by atoms with Crippen molar-refractivity contribution >= 4 is 29.4 Å². The fourth-order valence-corrected chi connectivity index (χ4v) is 2.63. The number of amides is 2. The quantitative estimate of drug-likeness (QED) is 0.673. The van der Waals surface area contributed by atoms with Gasteiger partial charge in [-0.3, -0.25) is 9.59 Å². The van der Waals surface area contributed by atoms with Crippen molar-refractivity contribution in [3.63, 3.8) is 0 Å². The second-order valence-corrected chi connectivity index (χ2v) is 6.70. The molecule has 0 bridgehead atoms. The Labute approximate surface area is 158 Å². The minimum absolute atomic E-state index is 0.0188. The Morgan fingerprint density at radius 1 is 1.26 bits per heavy atom. The van der Waals surface area contributed by atoms with Gasteiger partial charge in [0.1, 0.15) is 18.2 Å². The highest BCUT2D eigenvalue weighted by atomic mass is 32.2. The number of thioether (sulfide) groups is 1. The number of nitrogens with one attached hydrogen (secondary N) is 2. The van der Waals surface area contributed by atoms with Crippen molar-refractivity contribution in [1.82, 2.24) is 10.5 Å². The lowest BCUT2D eigenvalue weighted by molar-refractivity contribution is -0.119. The fraction of sp³-hybridized carbons (Fsp3) is 0.353. The van der Waals surface area contributed by atoms with E-state index in [4.69, 9.17) is 9.26 Å². The summed E-state index contributed by atoms with van der Waals surface area (Å²) in [5.74, 6) is -1.14. The molecular weight excluding hydrogens is 380 g/mol. The molecule has 1 heterocycles. The first-order valence-electron chi connectivity index (χ1n) is 8.01. The van der Waals surface area contributed by atoms with E-state index in [2.05, 4.69) is 15.8 Å². The zero-order chi connectivity index (χ0) is 19.8. The van der Waals surface area contributed by atoms with Crippen LogP contribution in [0.25, 0.3) is 0 Å². The molecule has 0 spiro atoms. The van der Waals surface area contributed by atoms with Gasteiger partial charge in [0.25, 0.3) is 0 Å². The van der Waals surface area contributed by atoms with Crippen LogP contribution in [0.2, 0.25) is 0 Å². The number of halogens is 2. The first kappa shape index (κ1) is 20.7. The molecule has 2 amide bonds. The van der Waals surface area contributed by atoms with Gasteiger partial charge in [-0.1, -0.05) is 5.16 Å². The lowest BCUT2D eigenvalue weighted by Crippen LogP contribution is -2.38. The number of hydrogen-bond acceptors (Lipinski definition) is 6. The standard InChI is InChI=1S/C17H19F2N3O4S/c1-10(7-25-14-4-3-12(18)6-13(14)19)20-16(23)8-27-9-17(24)21-15-5-11(2)26-22-15/h3-6,10H,7-9H2,1-2H3,(H,20,23)(H,21,22,24). The Hall–Kier alpha value is -2.62. The van der Waals surface area contributed by atoms with Gasteiger partial charge in [-0.25, -0.2) is 8.78 Å². The van der Waals surface area contributed by atoms with Crippen LogP contribution in [0.1, 0.15) is 12.7 Å². The maximum Gasteiger partial charge on any atom is 0.235 e. The highest BCUT2D eigenvalue weighted by Gasteiger charge is 2.12. The van der Waals surface area contributed by atoms with Gasteiger partial charge in [0.15, 0.2) is 17.4 Å². The van der Waals surface area contributed by atoms with Crippen molar-refractivity contribution in [2.24, 2.45) is 0 Å². The lowest BCUT2D eigenvalue weighted by atomic mass is 10.3.